The van der Waals surface area contributed by atoms with Crippen LogP contribution in [0.5, 0.6) is 0 Å². The first kappa shape index (κ1) is 18.1. The lowest BCUT2D eigenvalue weighted by molar-refractivity contribution is -0.384. The van der Waals surface area contributed by atoms with E-state index in [4.69, 9.17) is 11.6 Å². The minimum absolute atomic E-state index is 0.0277. The molecule has 146 valence electrons. The topological polar surface area (TPSA) is 80.4 Å². The van der Waals surface area contributed by atoms with Crippen LogP contribution >= 0.6 is 11.6 Å². The molecule has 0 amide bonds. The Balaban J connectivity index is 1.87. The summed E-state index contributed by atoms with van der Waals surface area (Å²) in [6.07, 6.45) is 0. The zero-order valence-corrected chi connectivity index (χ0v) is 16.3. The maximum absolute atomic E-state index is 13.7. The van der Waals surface area contributed by atoms with Gasteiger partial charge in [-0.3, -0.25) is 19.3 Å². The molecular weight excluding hydrogens is 402 g/mol. The molecule has 0 saturated carbocycles. The Kier molecular flexibility index (Phi) is 4.15. The fourth-order valence-corrected chi connectivity index (χ4v) is 3.87. The first-order valence-electron chi connectivity index (χ1n) is 9.20. The van der Waals surface area contributed by atoms with E-state index >= 15 is 0 Å². The number of fused-ring (bicyclic) bond motifs is 3. The molecule has 1 N–H and O–H groups in total. The van der Waals surface area contributed by atoms with E-state index in [1.165, 1.54) is 12.1 Å². The van der Waals surface area contributed by atoms with Crippen molar-refractivity contribution in [1.29, 1.82) is 0 Å². The van der Waals surface area contributed by atoms with Gasteiger partial charge in [0.05, 0.1) is 21.5 Å². The molecule has 0 aliphatic rings. The molecule has 0 bridgehead atoms. The third kappa shape index (κ3) is 2.86. The molecule has 0 aliphatic carbocycles. The summed E-state index contributed by atoms with van der Waals surface area (Å²) < 4.78 is 1.63. The molecule has 7 heteroatoms. The number of halogens is 1. The van der Waals surface area contributed by atoms with Crippen LogP contribution in [0.1, 0.15) is 0 Å². The van der Waals surface area contributed by atoms with Crippen molar-refractivity contribution in [3.63, 3.8) is 0 Å². The van der Waals surface area contributed by atoms with E-state index in [1.807, 2.05) is 42.5 Å². The number of H-pyrrole nitrogens is 1. The summed E-state index contributed by atoms with van der Waals surface area (Å²) in [5.74, 6) is 0. The molecule has 0 atom stereocenters. The van der Waals surface area contributed by atoms with Crippen molar-refractivity contribution in [1.82, 2.24) is 9.38 Å². The Morgan fingerprint density at radius 1 is 0.900 bits per heavy atom. The van der Waals surface area contributed by atoms with Gasteiger partial charge >= 0.3 is 0 Å². The number of para-hydroxylation sites is 2. The highest BCUT2D eigenvalue weighted by molar-refractivity contribution is 6.30. The summed E-state index contributed by atoms with van der Waals surface area (Å²) in [5, 5.41) is 11.6. The molecule has 0 aliphatic heterocycles. The van der Waals surface area contributed by atoms with E-state index in [-0.39, 0.29) is 11.2 Å². The molecule has 3 aromatic carbocycles. The predicted molar refractivity (Wildman–Crippen MR) is 118 cm³/mol. The Morgan fingerprint density at radius 2 is 1.57 bits per heavy atom. The normalized spacial score (nSPS) is 11.2. The third-order valence-electron chi connectivity index (χ3n) is 5.14. The maximum atomic E-state index is 13.7. The minimum atomic E-state index is -0.459. The zero-order valence-electron chi connectivity index (χ0n) is 15.5. The van der Waals surface area contributed by atoms with Gasteiger partial charge in [0.1, 0.15) is 5.65 Å². The highest BCUT2D eigenvalue weighted by Crippen LogP contribution is 2.33. The van der Waals surface area contributed by atoms with E-state index in [2.05, 4.69) is 4.98 Å². The lowest BCUT2D eigenvalue weighted by Gasteiger charge is -2.11. The van der Waals surface area contributed by atoms with Gasteiger partial charge in [0.2, 0.25) is 0 Å². The highest BCUT2D eigenvalue weighted by Gasteiger charge is 2.18. The molecule has 30 heavy (non-hydrogen) atoms. The quantitative estimate of drug-likeness (QED) is 0.304. The van der Waals surface area contributed by atoms with Gasteiger partial charge in [0.25, 0.3) is 11.2 Å². The van der Waals surface area contributed by atoms with Gasteiger partial charge < -0.3 is 4.98 Å². The van der Waals surface area contributed by atoms with Crippen molar-refractivity contribution >= 4 is 34.0 Å². The Labute approximate surface area is 175 Å². The van der Waals surface area contributed by atoms with Crippen LogP contribution in [-0.4, -0.2) is 14.3 Å². The fraction of sp³-hybridized carbons (Fsp3) is 0. The number of imidazole rings is 1. The van der Waals surface area contributed by atoms with Gasteiger partial charge in [-0.1, -0.05) is 35.9 Å². The number of aromatic nitrogens is 2. The summed E-state index contributed by atoms with van der Waals surface area (Å²) in [5.41, 5.74) is 4.66. The zero-order chi connectivity index (χ0) is 20.8. The second-order valence-electron chi connectivity index (χ2n) is 6.91. The number of nitrogens with zero attached hydrogens (tertiary/aromatic N) is 2. The first-order valence-corrected chi connectivity index (χ1v) is 9.58. The first-order chi connectivity index (χ1) is 14.5. The number of nitro groups is 1. The number of hydrogen-bond donors (Lipinski definition) is 1. The summed E-state index contributed by atoms with van der Waals surface area (Å²) in [6.45, 7) is 0. The smallest absolute Gasteiger partial charge is 0.269 e. The number of aromatic amines is 1. The van der Waals surface area contributed by atoms with Gasteiger partial charge in [-0.2, -0.15) is 0 Å². The summed E-state index contributed by atoms with van der Waals surface area (Å²) in [6, 6.07) is 22.8. The van der Waals surface area contributed by atoms with E-state index in [1.54, 1.807) is 28.7 Å². The van der Waals surface area contributed by atoms with E-state index in [0.717, 1.165) is 22.2 Å². The van der Waals surface area contributed by atoms with E-state index in [9.17, 15) is 14.9 Å². The van der Waals surface area contributed by atoms with Crippen molar-refractivity contribution in [3.05, 3.63) is 104 Å². The second-order valence-corrected chi connectivity index (χ2v) is 7.35. The molecule has 2 heterocycles. The number of nitro benzene ring substituents is 1. The largest absolute Gasteiger partial charge is 0.340 e. The molecule has 2 aromatic heterocycles. The fourth-order valence-electron chi connectivity index (χ4n) is 3.74. The molecule has 0 fully saturated rings. The summed E-state index contributed by atoms with van der Waals surface area (Å²) in [4.78, 5) is 27.5. The van der Waals surface area contributed by atoms with Crippen molar-refractivity contribution < 1.29 is 4.92 Å². The molecule has 6 nitrogen and oxygen atoms in total. The Hall–Kier alpha value is -3.90. The van der Waals surface area contributed by atoms with Crippen molar-refractivity contribution in [2.24, 2.45) is 0 Å². The Morgan fingerprint density at radius 3 is 2.27 bits per heavy atom. The van der Waals surface area contributed by atoms with Crippen LogP contribution in [-0.2, 0) is 0 Å². The minimum Gasteiger partial charge on any atom is -0.340 e. The van der Waals surface area contributed by atoms with Gasteiger partial charge in [0, 0.05) is 17.2 Å². The lowest BCUT2D eigenvalue weighted by atomic mass is 9.96. The van der Waals surface area contributed by atoms with Crippen LogP contribution in [0.2, 0.25) is 5.02 Å². The maximum Gasteiger partial charge on any atom is 0.269 e. The molecule has 0 radical (unpaired) electrons. The lowest BCUT2D eigenvalue weighted by Crippen LogP contribution is -2.16. The van der Waals surface area contributed by atoms with Crippen molar-refractivity contribution in [3.8, 4) is 22.3 Å². The molecule has 0 spiro atoms. The Bertz CT molecular complexity index is 1480. The van der Waals surface area contributed by atoms with Gasteiger partial charge in [-0.15, -0.1) is 0 Å². The average molecular weight is 416 g/mol. The summed E-state index contributed by atoms with van der Waals surface area (Å²) >= 11 is 6.05. The van der Waals surface area contributed by atoms with Crippen molar-refractivity contribution in [2.75, 3.05) is 0 Å². The molecule has 0 unspecified atom stereocenters. The molecule has 5 rings (SSSR count). The number of rotatable bonds is 3. The predicted octanol–water partition coefficient (Wildman–Crippen LogP) is 5.68. The number of benzene rings is 3. The number of non-ortho nitro benzene ring substituents is 1. The van der Waals surface area contributed by atoms with Gasteiger partial charge in [-0.25, -0.2) is 0 Å². The van der Waals surface area contributed by atoms with Crippen LogP contribution < -0.4 is 5.56 Å². The molecule has 0 saturated heterocycles. The van der Waals surface area contributed by atoms with Crippen LogP contribution in [0, 0.1) is 10.1 Å². The third-order valence-corrected chi connectivity index (χ3v) is 5.39. The molecular formula is C23H14ClN3O3. The van der Waals surface area contributed by atoms with E-state index < -0.39 is 4.92 Å². The van der Waals surface area contributed by atoms with Crippen molar-refractivity contribution in [2.45, 2.75) is 0 Å². The van der Waals surface area contributed by atoms with Crippen LogP contribution in [0.4, 0.5) is 5.69 Å². The average Bonchev–Trinajstić information content (AvgIpc) is 3.13. The highest BCUT2D eigenvalue weighted by atomic mass is 35.5. The van der Waals surface area contributed by atoms with Gasteiger partial charge in [0.15, 0.2) is 0 Å². The second kappa shape index (κ2) is 6.86. The number of hydrogen-bond acceptors (Lipinski definition) is 3. The van der Waals surface area contributed by atoms with Crippen LogP contribution in [0.25, 0.3) is 38.9 Å². The van der Waals surface area contributed by atoms with Crippen LogP contribution in [0.15, 0.2) is 83.7 Å². The standard InChI is InChI=1S/C23H14ClN3O3/c24-16-9-5-14(6-10-16)18-13-21-25-19-3-1-2-4-20(19)26(21)23(28)22(18)15-7-11-17(12-8-15)27(29)30/h1-13,25H. The monoisotopic (exact) mass is 415 g/mol. The molecule has 5 aromatic rings. The van der Waals surface area contributed by atoms with Gasteiger partial charge in [-0.05, 0) is 59.2 Å². The number of nitrogens with one attached hydrogen (secondary N) is 1. The number of pyridine rings is 1. The van der Waals surface area contributed by atoms with E-state index in [0.29, 0.717) is 21.8 Å². The van der Waals surface area contributed by atoms with Crippen LogP contribution in [0.3, 0.4) is 0 Å². The summed E-state index contributed by atoms with van der Waals surface area (Å²) in [7, 11) is 0. The SMILES string of the molecule is O=c1c(-c2ccc([N+](=O)[O-])cc2)c(-c2ccc(Cl)cc2)cc2[nH]c3ccccc3n12.